The number of hydrogen-bond donors (Lipinski definition) is 1. The molecule has 2 aliphatic heterocycles. The third-order valence-corrected chi connectivity index (χ3v) is 3.55. The predicted octanol–water partition coefficient (Wildman–Crippen LogP) is 0.886. The van der Waals surface area contributed by atoms with Gasteiger partial charge in [0.1, 0.15) is 0 Å². The number of amides is 2. The van der Waals surface area contributed by atoms with Gasteiger partial charge in [-0.1, -0.05) is 0 Å². The second-order valence-corrected chi connectivity index (χ2v) is 4.53. The molecule has 15 heavy (non-hydrogen) atoms. The van der Waals surface area contributed by atoms with Crippen LogP contribution in [0.2, 0.25) is 0 Å². The van der Waals surface area contributed by atoms with Crippen molar-refractivity contribution in [2.24, 2.45) is 0 Å². The van der Waals surface area contributed by atoms with E-state index in [0.717, 1.165) is 39.0 Å². The molecule has 2 aliphatic rings. The van der Waals surface area contributed by atoms with Crippen molar-refractivity contribution < 1.29 is 4.79 Å². The quantitative estimate of drug-likeness (QED) is 0.699. The Morgan fingerprint density at radius 2 is 1.60 bits per heavy atom. The number of rotatable bonds is 1. The van der Waals surface area contributed by atoms with E-state index in [2.05, 4.69) is 5.32 Å². The zero-order chi connectivity index (χ0) is 10.7. The Morgan fingerprint density at radius 1 is 1.07 bits per heavy atom. The van der Waals surface area contributed by atoms with E-state index >= 15 is 0 Å². The first-order valence-corrected chi connectivity index (χ1v) is 6.02. The van der Waals surface area contributed by atoms with Crippen LogP contribution in [0.1, 0.15) is 25.7 Å². The first-order chi connectivity index (χ1) is 7.31. The summed E-state index contributed by atoms with van der Waals surface area (Å²) in [5, 5.41) is 3.28. The van der Waals surface area contributed by atoms with Gasteiger partial charge in [0.2, 0.25) is 0 Å². The third-order valence-electron chi connectivity index (χ3n) is 3.55. The molecule has 0 saturated carbocycles. The Hall–Kier alpha value is -0.770. The highest BCUT2D eigenvalue weighted by Crippen LogP contribution is 2.15. The van der Waals surface area contributed by atoms with E-state index in [1.54, 1.807) is 0 Å². The van der Waals surface area contributed by atoms with Gasteiger partial charge in [-0.25, -0.2) is 4.79 Å². The molecule has 4 heteroatoms. The molecular formula is C11H21N3O. The molecule has 0 aromatic rings. The van der Waals surface area contributed by atoms with Crippen molar-refractivity contribution in [2.75, 3.05) is 33.2 Å². The van der Waals surface area contributed by atoms with Crippen molar-refractivity contribution in [1.29, 1.82) is 0 Å². The Balaban J connectivity index is 1.81. The molecule has 0 aromatic heterocycles. The van der Waals surface area contributed by atoms with Gasteiger partial charge in [-0.3, -0.25) is 0 Å². The highest BCUT2D eigenvalue weighted by atomic mass is 16.2. The van der Waals surface area contributed by atoms with Crippen LogP contribution in [0.15, 0.2) is 0 Å². The van der Waals surface area contributed by atoms with E-state index in [9.17, 15) is 4.79 Å². The fourth-order valence-corrected chi connectivity index (χ4v) is 2.47. The highest BCUT2D eigenvalue weighted by Gasteiger charge is 2.26. The number of piperidine rings is 1. The zero-order valence-electron chi connectivity index (χ0n) is 9.54. The predicted molar refractivity (Wildman–Crippen MR) is 59.9 cm³/mol. The fourth-order valence-electron chi connectivity index (χ4n) is 2.47. The molecule has 4 nitrogen and oxygen atoms in total. The summed E-state index contributed by atoms with van der Waals surface area (Å²) >= 11 is 0. The molecule has 0 aliphatic carbocycles. The summed E-state index contributed by atoms with van der Waals surface area (Å²) in [4.78, 5) is 16.0. The van der Waals surface area contributed by atoms with Crippen LogP contribution in [-0.4, -0.2) is 55.1 Å². The maximum Gasteiger partial charge on any atom is 0.319 e. The summed E-state index contributed by atoms with van der Waals surface area (Å²) in [6, 6.07) is 0.870. The number of nitrogens with zero attached hydrogens (tertiary/aromatic N) is 2. The Kier molecular flexibility index (Phi) is 3.46. The van der Waals surface area contributed by atoms with E-state index in [0.29, 0.717) is 6.04 Å². The molecule has 0 spiro atoms. The SMILES string of the molecule is CNC1CCN(C(=O)N2CCCC2)CC1. The first kappa shape index (κ1) is 10.7. The second-order valence-electron chi connectivity index (χ2n) is 4.53. The number of carbonyl (C=O) groups excluding carboxylic acids is 1. The van der Waals surface area contributed by atoms with Crippen LogP contribution in [0.25, 0.3) is 0 Å². The monoisotopic (exact) mass is 211 g/mol. The Morgan fingerprint density at radius 3 is 2.13 bits per heavy atom. The van der Waals surface area contributed by atoms with Gasteiger partial charge in [0.25, 0.3) is 0 Å². The number of carbonyl (C=O) groups is 1. The van der Waals surface area contributed by atoms with Gasteiger partial charge < -0.3 is 15.1 Å². The molecule has 2 amide bonds. The largest absolute Gasteiger partial charge is 0.325 e. The van der Waals surface area contributed by atoms with Crippen molar-refractivity contribution in [3.8, 4) is 0 Å². The van der Waals surface area contributed by atoms with Crippen molar-refractivity contribution in [2.45, 2.75) is 31.7 Å². The molecule has 2 rings (SSSR count). The normalized spacial score (nSPS) is 23.5. The lowest BCUT2D eigenvalue weighted by Gasteiger charge is -2.34. The van der Waals surface area contributed by atoms with Gasteiger partial charge in [-0.2, -0.15) is 0 Å². The molecule has 1 N–H and O–H groups in total. The molecule has 0 atom stereocenters. The van der Waals surface area contributed by atoms with Crippen molar-refractivity contribution >= 4 is 6.03 Å². The number of nitrogens with one attached hydrogen (secondary N) is 1. The smallest absolute Gasteiger partial charge is 0.319 e. The first-order valence-electron chi connectivity index (χ1n) is 6.02. The average Bonchev–Trinajstić information content (AvgIpc) is 2.82. The minimum atomic E-state index is 0.266. The van der Waals surface area contributed by atoms with Gasteiger partial charge in [0.05, 0.1) is 0 Å². The van der Waals surface area contributed by atoms with Gasteiger partial charge >= 0.3 is 6.03 Å². The van der Waals surface area contributed by atoms with E-state index < -0.39 is 0 Å². The van der Waals surface area contributed by atoms with Gasteiger partial charge in [-0.15, -0.1) is 0 Å². The van der Waals surface area contributed by atoms with E-state index in [1.807, 2.05) is 16.8 Å². The molecule has 0 radical (unpaired) electrons. The summed E-state index contributed by atoms with van der Waals surface area (Å²) in [7, 11) is 2.00. The molecule has 0 bridgehead atoms. The maximum absolute atomic E-state index is 12.0. The highest BCUT2D eigenvalue weighted by molar-refractivity contribution is 5.74. The lowest BCUT2D eigenvalue weighted by atomic mass is 10.1. The van der Waals surface area contributed by atoms with Crippen LogP contribution >= 0.6 is 0 Å². The van der Waals surface area contributed by atoms with Gasteiger partial charge in [0.15, 0.2) is 0 Å². The Labute approximate surface area is 91.6 Å². The summed E-state index contributed by atoms with van der Waals surface area (Å²) in [5.41, 5.74) is 0. The van der Waals surface area contributed by atoms with Crippen LogP contribution in [-0.2, 0) is 0 Å². The van der Waals surface area contributed by atoms with Crippen molar-refractivity contribution in [1.82, 2.24) is 15.1 Å². The number of hydrogen-bond acceptors (Lipinski definition) is 2. The lowest BCUT2D eigenvalue weighted by molar-refractivity contribution is 0.146. The van der Waals surface area contributed by atoms with Crippen LogP contribution in [0.4, 0.5) is 4.79 Å². The van der Waals surface area contributed by atoms with Gasteiger partial charge in [0, 0.05) is 32.2 Å². The molecule has 86 valence electrons. The fraction of sp³-hybridized carbons (Fsp3) is 0.909. The topological polar surface area (TPSA) is 35.6 Å². The van der Waals surface area contributed by atoms with Gasteiger partial charge in [-0.05, 0) is 32.7 Å². The van der Waals surface area contributed by atoms with Crippen LogP contribution in [0.5, 0.6) is 0 Å². The standard InChI is InChI=1S/C11H21N3O/c1-12-10-4-8-14(9-5-10)11(15)13-6-2-3-7-13/h10,12H,2-9H2,1H3. The second kappa shape index (κ2) is 4.84. The average molecular weight is 211 g/mol. The molecular weight excluding hydrogens is 190 g/mol. The molecule has 2 fully saturated rings. The lowest BCUT2D eigenvalue weighted by Crippen LogP contribution is -2.48. The molecule has 0 unspecified atom stereocenters. The minimum Gasteiger partial charge on any atom is -0.325 e. The van der Waals surface area contributed by atoms with Crippen LogP contribution < -0.4 is 5.32 Å². The van der Waals surface area contributed by atoms with Crippen molar-refractivity contribution in [3.63, 3.8) is 0 Å². The molecule has 2 saturated heterocycles. The number of likely N-dealkylation sites (tertiary alicyclic amines) is 2. The van der Waals surface area contributed by atoms with Crippen LogP contribution in [0, 0.1) is 0 Å². The van der Waals surface area contributed by atoms with E-state index in [1.165, 1.54) is 12.8 Å². The van der Waals surface area contributed by atoms with E-state index in [-0.39, 0.29) is 6.03 Å². The molecule has 0 aromatic carbocycles. The molecule has 2 heterocycles. The van der Waals surface area contributed by atoms with Crippen molar-refractivity contribution in [3.05, 3.63) is 0 Å². The summed E-state index contributed by atoms with van der Waals surface area (Å²) < 4.78 is 0. The third kappa shape index (κ3) is 2.43. The van der Waals surface area contributed by atoms with Crippen LogP contribution in [0.3, 0.4) is 0 Å². The maximum atomic E-state index is 12.0. The Bertz CT molecular complexity index is 218. The summed E-state index contributed by atoms with van der Waals surface area (Å²) in [5.74, 6) is 0. The van der Waals surface area contributed by atoms with E-state index in [4.69, 9.17) is 0 Å². The summed E-state index contributed by atoms with van der Waals surface area (Å²) in [6.45, 7) is 3.76. The minimum absolute atomic E-state index is 0.266. The number of urea groups is 1. The zero-order valence-corrected chi connectivity index (χ0v) is 9.54. The summed E-state index contributed by atoms with van der Waals surface area (Å²) in [6.07, 6.45) is 4.55.